The molecule has 0 aliphatic rings. The van der Waals surface area contributed by atoms with Gasteiger partial charge in [0.25, 0.3) is 5.56 Å². The number of aromatic nitrogens is 4. The Balaban J connectivity index is 1.97. The van der Waals surface area contributed by atoms with Crippen molar-refractivity contribution in [2.75, 3.05) is 0 Å². The fourth-order valence-corrected chi connectivity index (χ4v) is 3.36. The molecule has 0 saturated carbocycles. The second-order valence-corrected chi connectivity index (χ2v) is 6.85. The van der Waals surface area contributed by atoms with Crippen molar-refractivity contribution in [2.24, 2.45) is 7.05 Å². The zero-order valence-electron chi connectivity index (χ0n) is 16.4. The van der Waals surface area contributed by atoms with Gasteiger partial charge in [-0.1, -0.05) is 55.5 Å². The molecule has 0 fully saturated rings. The Labute approximate surface area is 167 Å². The molecule has 0 saturated heterocycles. The van der Waals surface area contributed by atoms with Crippen LogP contribution < -0.4 is 16.0 Å². The number of imidazole rings is 1. The van der Waals surface area contributed by atoms with Crippen LogP contribution in [0.5, 0.6) is 11.8 Å². The lowest BCUT2D eigenvalue weighted by Crippen LogP contribution is -2.39. The third-order valence-corrected chi connectivity index (χ3v) is 4.78. The molecule has 0 unspecified atom stereocenters. The highest BCUT2D eigenvalue weighted by Gasteiger charge is 2.21. The van der Waals surface area contributed by atoms with Gasteiger partial charge in [-0.2, -0.15) is 4.98 Å². The quantitative estimate of drug-likeness (QED) is 0.507. The Morgan fingerprint density at radius 3 is 2.24 bits per heavy atom. The number of nitrogens with zero attached hydrogens (tertiary/aromatic N) is 4. The van der Waals surface area contributed by atoms with Crippen molar-refractivity contribution < 1.29 is 4.74 Å². The summed E-state index contributed by atoms with van der Waals surface area (Å²) in [5.41, 5.74) is 0.945. The molecular formula is C22H22N4O3. The fraction of sp³-hybridized carbons (Fsp3) is 0.227. The van der Waals surface area contributed by atoms with Gasteiger partial charge in [0.1, 0.15) is 5.75 Å². The van der Waals surface area contributed by atoms with Crippen LogP contribution in [0.2, 0.25) is 0 Å². The minimum absolute atomic E-state index is 0.274. The Morgan fingerprint density at radius 1 is 0.931 bits per heavy atom. The molecule has 0 aliphatic carbocycles. The van der Waals surface area contributed by atoms with Crippen LogP contribution in [-0.2, 0) is 20.1 Å². The zero-order chi connectivity index (χ0) is 20.4. The van der Waals surface area contributed by atoms with Crippen molar-refractivity contribution in [3.63, 3.8) is 0 Å². The van der Waals surface area contributed by atoms with Gasteiger partial charge in [-0.15, -0.1) is 0 Å². The zero-order valence-corrected chi connectivity index (χ0v) is 16.4. The van der Waals surface area contributed by atoms with Gasteiger partial charge in [0.2, 0.25) is 0 Å². The average molecular weight is 390 g/mol. The standard InChI is InChI=1S/C22H22N4O3/c1-3-14-25-20(27)18-19(24(2)22(25)28)23-21(29-17-12-8-5-9-13-17)26(18)15-16-10-6-4-7-11-16/h4-13H,3,14-15H2,1-2H3. The van der Waals surface area contributed by atoms with Crippen molar-refractivity contribution in [3.8, 4) is 11.8 Å². The largest absolute Gasteiger partial charge is 0.425 e. The summed E-state index contributed by atoms with van der Waals surface area (Å²) in [6, 6.07) is 19.3. The van der Waals surface area contributed by atoms with Crippen molar-refractivity contribution >= 4 is 11.2 Å². The summed E-state index contributed by atoms with van der Waals surface area (Å²) in [5, 5.41) is 0. The molecule has 4 rings (SSSR count). The van der Waals surface area contributed by atoms with Crippen LogP contribution in [0.4, 0.5) is 0 Å². The van der Waals surface area contributed by atoms with Crippen LogP contribution >= 0.6 is 0 Å². The van der Waals surface area contributed by atoms with E-state index in [0.29, 0.717) is 36.4 Å². The molecule has 0 amide bonds. The first kappa shape index (κ1) is 18.7. The van der Waals surface area contributed by atoms with Gasteiger partial charge in [0, 0.05) is 13.6 Å². The first-order chi connectivity index (χ1) is 14.1. The van der Waals surface area contributed by atoms with E-state index in [1.807, 2.05) is 67.6 Å². The number of fused-ring (bicyclic) bond motifs is 1. The Hall–Kier alpha value is -3.61. The maximum Gasteiger partial charge on any atom is 0.332 e. The van der Waals surface area contributed by atoms with Gasteiger partial charge in [-0.05, 0) is 24.1 Å². The van der Waals surface area contributed by atoms with Gasteiger partial charge in [-0.3, -0.25) is 18.5 Å². The van der Waals surface area contributed by atoms with Crippen molar-refractivity contribution in [1.29, 1.82) is 0 Å². The second kappa shape index (κ2) is 7.79. The van der Waals surface area contributed by atoms with E-state index in [2.05, 4.69) is 4.98 Å². The minimum atomic E-state index is -0.375. The topological polar surface area (TPSA) is 71.1 Å². The van der Waals surface area contributed by atoms with E-state index in [1.54, 1.807) is 11.6 Å². The maximum atomic E-state index is 13.2. The summed E-state index contributed by atoms with van der Waals surface area (Å²) in [6.07, 6.45) is 0.681. The van der Waals surface area contributed by atoms with Gasteiger partial charge < -0.3 is 4.74 Å². The molecule has 0 bridgehead atoms. The Morgan fingerprint density at radius 2 is 1.59 bits per heavy atom. The molecule has 0 aliphatic heterocycles. The van der Waals surface area contributed by atoms with Crippen molar-refractivity contribution in [1.82, 2.24) is 18.7 Å². The van der Waals surface area contributed by atoms with Crippen LogP contribution in [0.15, 0.2) is 70.3 Å². The highest BCUT2D eigenvalue weighted by Crippen LogP contribution is 2.25. The first-order valence-electron chi connectivity index (χ1n) is 9.57. The number of ether oxygens (including phenoxy) is 1. The maximum absolute atomic E-state index is 13.2. The highest BCUT2D eigenvalue weighted by atomic mass is 16.5. The molecule has 7 nitrogen and oxygen atoms in total. The average Bonchev–Trinajstić information content (AvgIpc) is 3.09. The summed E-state index contributed by atoms with van der Waals surface area (Å²) >= 11 is 0. The normalized spacial score (nSPS) is 11.1. The monoisotopic (exact) mass is 390 g/mol. The van der Waals surface area contributed by atoms with E-state index >= 15 is 0 Å². The lowest BCUT2D eigenvalue weighted by molar-refractivity contribution is 0.421. The van der Waals surface area contributed by atoms with Crippen LogP contribution in [0, 0.1) is 0 Å². The summed E-state index contributed by atoms with van der Waals surface area (Å²) in [7, 11) is 1.63. The van der Waals surface area contributed by atoms with E-state index in [-0.39, 0.29) is 17.3 Å². The number of hydrogen-bond donors (Lipinski definition) is 0. The van der Waals surface area contributed by atoms with Crippen molar-refractivity contribution in [2.45, 2.75) is 26.4 Å². The molecule has 2 aromatic carbocycles. The molecule has 0 spiro atoms. The molecule has 0 atom stereocenters. The molecule has 2 heterocycles. The van der Waals surface area contributed by atoms with Gasteiger partial charge in [0.05, 0.1) is 6.54 Å². The van der Waals surface area contributed by atoms with Crippen LogP contribution in [0.1, 0.15) is 18.9 Å². The van der Waals surface area contributed by atoms with Crippen LogP contribution in [0.25, 0.3) is 11.2 Å². The van der Waals surface area contributed by atoms with E-state index in [0.717, 1.165) is 5.56 Å². The van der Waals surface area contributed by atoms with Crippen LogP contribution in [0.3, 0.4) is 0 Å². The summed E-state index contributed by atoms with van der Waals surface area (Å²) in [4.78, 5) is 30.4. The van der Waals surface area contributed by atoms with E-state index in [4.69, 9.17) is 4.74 Å². The number of aryl methyl sites for hydroxylation is 1. The highest BCUT2D eigenvalue weighted by molar-refractivity contribution is 5.72. The first-order valence-corrected chi connectivity index (χ1v) is 9.57. The third-order valence-electron chi connectivity index (χ3n) is 4.78. The summed E-state index contributed by atoms with van der Waals surface area (Å²) in [6.45, 7) is 2.69. The fourth-order valence-electron chi connectivity index (χ4n) is 3.36. The molecule has 29 heavy (non-hydrogen) atoms. The SMILES string of the molecule is CCCn1c(=O)c2c(nc(Oc3ccccc3)n2Cc2ccccc2)n(C)c1=O. The van der Waals surface area contributed by atoms with E-state index in [1.165, 1.54) is 9.13 Å². The molecular weight excluding hydrogens is 368 g/mol. The molecule has 4 aromatic rings. The van der Waals surface area contributed by atoms with Crippen molar-refractivity contribution in [3.05, 3.63) is 87.1 Å². The summed E-state index contributed by atoms with van der Waals surface area (Å²) < 4.78 is 10.4. The number of para-hydroxylation sites is 1. The lowest BCUT2D eigenvalue weighted by Gasteiger charge is -2.11. The predicted octanol–water partition coefficient (Wildman–Crippen LogP) is 3.15. The molecule has 2 aromatic heterocycles. The van der Waals surface area contributed by atoms with Crippen LogP contribution in [-0.4, -0.2) is 18.7 Å². The molecule has 148 valence electrons. The second-order valence-electron chi connectivity index (χ2n) is 6.85. The minimum Gasteiger partial charge on any atom is -0.425 e. The number of benzene rings is 2. The Kier molecular flexibility index (Phi) is 5.03. The summed E-state index contributed by atoms with van der Waals surface area (Å²) in [5.74, 6) is 0.607. The lowest BCUT2D eigenvalue weighted by atomic mass is 10.2. The van der Waals surface area contributed by atoms with Gasteiger partial charge >= 0.3 is 11.7 Å². The Bertz CT molecular complexity index is 1250. The van der Waals surface area contributed by atoms with Gasteiger partial charge in [-0.25, -0.2) is 4.79 Å². The molecule has 0 N–H and O–H groups in total. The molecule has 7 heteroatoms. The van der Waals surface area contributed by atoms with E-state index < -0.39 is 0 Å². The third kappa shape index (κ3) is 3.47. The van der Waals surface area contributed by atoms with Gasteiger partial charge in [0.15, 0.2) is 11.2 Å². The predicted molar refractivity (Wildman–Crippen MR) is 112 cm³/mol. The molecule has 0 radical (unpaired) electrons. The number of hydrogen-bond acceptors (Lipinski definition) is 4. The number of rotatable bonds is 6. The van der Waals surface area contributed by atoms with E-state index in [9.17, 15) is 9.59 Å². The smallest absolute Gasteiger partial charge is 0.332 e.